The Morgan fingerprint density at radius 1 is 1.19 bits per heavy atom. The van der Waals surface area contributed by atoms with E-state index in [-0.39, 0.29) is 0 Å². The molecule has 2 atom stereocenters. The first kappa shape index (κ1) is 12.3. The van der Waals surface area contributed by atoms with E-state index in [4.69, 9.17) is 4.74 Å². The van der Waals surface area contributed by atoms with Gasteiger partial charge in [-0.25, -0.2) is 0 Å². The van der Waals surface area contributed by atoms with Crippen molar-refractivity contribution in [3.63, 3.8) is 0 Å². The van der Waals surface area contributed by atoms with Gasteiger partial charge in [-0.05, 0) is 51.6 Å². The maximum Gasteiger partial charge on any atom is 0.0618 e. The molecule has 2 unspecified atom stereocenters. The van der Waals surface area contributed by atoms with Crippen molar-refractivity contribution in [1.29, 1.82) is 0 Å². The maximum atomic E-state index is 5.30. The Kier molecular flexibility index (Phi) is 4.22. The summed E-state index contributed by atoms with van der Waals surface area (Å²) in [6, 6.07) is 1.31. The lowest BCUT2D eigenvalue weighted by atomic mass is 10.1. The third-order valence-corrected chi connectivity index (χ3v) is 3.96. The van der Waals surface area contributed by atoms with Crippen LogP contribution in [0.15, 0.2) is 0 Å². The van der Waals surface area contributed by atoms with E-state index in [0.29, 0.717) is 6.04 Å². The van der Waals surface area contributed by atoms with Gasteiger partial charge in [-0.3, -0.25) is 0 Å². The number of hydrogen-bond acceptors (Lipinski definition) is 3. The van der Waals surface area contributed by atoms with Crippen LogP contribution in [0.3, 0.4) is 0 Å². The minimum atomic E-state index is 0.589. The number of hydrogen-bond donors (Lipinski definition) is 1. The van der Waals surface area contributed by atoms with Gasteiger partial charge in [0.25, 0.3) is 0 Å². The third kappa shape index (κ3) is 3.44. The number of ether oxygens (including phenoxy) is 1. The van der Waals surface area contributed by atoms with E-state index in [1.807, 2.05) is 0 Å². The van der Waals surface area contributed by atoms with Gasteiger partial charge >= 0.3 is 0 Å². The van der Waals surface area contributed by atoms with E-state index >= 15 is 0 Å². The van der Waals surface area contributed by atoms with Crippen LogP contribution in [0.25, 0.3) is 0 Å². The molecule has 0 saturated heterocycles. The van der Waals surface area contributed by atoms with Crippen LogP contribution in [-0.4, -0.2) is 51.3 Å². The van der Waals surface area contributed by atoms with Crippen LogP contribution in [0, 0.1) is 11.8 Å². The van der Waals surface area contributed by atoms with Crippen LogP contribution in [0.5, 0.6) is 0 Å². The lowest BCUT2D eigenvalue weighted by Gasteiger charge is -2.27. The van der Waals surface area contributed by atoms with Gasteiger partial charge in [0.15, 0.2) is 0 Å². The molecule has 0 spiro atoms. The first-order chi connectivity index (χ1) is 7.72. The second-order valence-corrected chi connectivity index (χ2v) is 5.68. The highest BCUT2D eigenvalue weighted by Crippen LogP contribution is 2.35. The summed E-state index contributed by atoms with van der Waals surface area (Å²) in [6.45, 7) is 2.00. The molecule has 0 aliphatic heterocycles. The fraction of sp³-hybridized carbons (Fsp3) is 1.00. The number of methoxy groups -OCH3 is 1. The highest BCUT2D eigenvalue weighted by atomic mass is 16.5. The molecular formula is C13H26N2O. The second kappa shape index (κ2) is 5.48. The fourth-order valence-corrected chi connectivity index (χ4v) is 2.56. The average molecular weight is 226 g/mol. The van der Waals surface area contributed by atoms with Crippen LogP contribution in [-0.2, 0) is 4.74 Å². The minimum Gasteiger partial charge on any atom is -0.383 e. The SMILES string of the molecule is COCC(NCC(C1CC1)N(C)C)C1CC1. The monoisotopic (exact) mass is 226 g/mol. The molecule has 3 heteroatoms. The third-order valence-electron chi connectivity index (χ3n) is 3.96. The van der Waals surface area contributed by atoms with Gasteiger partial charge in [-0.15, -0.1) is 0 Å². The smallest absolute Gasteiger partial charge is 0.0618 e. The molecule has 0 aromatic rings. The molecule has 2 saturated carbocycles. The summed E-state index contributed by atoms with van der Waals surface area (Å²) in [5.41, 5.74) is 0. The molecule has 94 valence electrons. The molecule has 3 nitrogen and oxygen atoms in total. The van der Waals surface area contributed by atoms with E-state index in [1.54, 1.807) is 7.11 Å². The molecule has 2 aliphatic carbocycles. The molecular weight excluding hydrogens is 200 g/mol. The lowest BCUT2D eigenvalue weighted by Crippen LogP contribution is -2.45. The summed E-state index contributed by atoms with van der Waals surface area (Å²) in [4.78, 5) is 2.38. The Hall–Kier alpha value is -0.120. The summed E-state index contributed by atoms with van der Waals surface area (Å²) >= 11 is 0. The minimum absolute atomic E-state index is 0.589. The van der Waals surface area contributed by atoms with Crippen molar-refractivity contribution in [3.8, 4) is 0 Å². The van der Waals surface area contributed by atoms with Crippen molar-refractivity contribution in [2.24, 2.45) is 11.8 Å². The quantitative estimate of drug-likeness (QED) is 0.676. The Balaban J connectivity index is 1.74. The van der Waals surface area contributed by atoms with Crippen LogP contribution in [0.1, 0.15) is 25.7 Å². The standard InChI is InChI=1S/C13H26N2O/c1-15(2)13(11-6-7-11)8-14-12(9-16-3)10-4-5-10/h10-14H,4-9H2,1-3H3. The van der Waals surface area contributed by atoms with Gasteiger partial charge in [0.1, 0.15) is 0 Å². The van der Waals surface area contributed by atoms with Crippen molar-refractivity contribution in [2.75, 3.05) is 34.4 Å². The summed E-state index contributed by atoms with van der Waals surface area (Å²) in [7, 11) is 6.21. The van der Waals surface area contributed by atoms with Crippen molar-refractivity contribution < 1.29 is 4.74 Å². The van der Waals surface area contributed by atoms with Gasteiger partial charge in [0.2, 0.25) is 0 Å². The molecule has 0 amide bonds. The predicted octanol–water partition coefficient (Wildman–Crippen LogP) is 1.34. The summed E-state index contributed by atoms with van der Waals surface area (Å²) in [6.07, 6.45) is 5.61. The first-order valence-corrected chi connectivity index (χ1v) is 6.61. The number of nitrogens with zero attached hydrogens (tertiary/aromatic N) is 1. The average Bonchev–Trinajstić information content (AvgIpc) is 3.09. The van der Waals surface area contributed by atoms with Crippen LogP contribution in [0.2, 0.25) is 0 Å². The summed E-state index contributed by atoms with van der Waals surface area (Å²) < 4.78 is 5.30. The number of nitrogens with one attached hydrogen (secondary N) is 1. The molecule has 16 heavy (non-hydrogen) atoms. The number of likely N-dealkylation sites (N-methyl/N-ethyl adjacent to an activating group) is 1. The molecule has 1 N–H and O–H groups in total. The van der Waals surface area contributed by atoms with Gasteiger partial charge in [0.05, 0.1) is 6.61 Å². The predicted molar refractivity (Wildman–Crippen MR) is 66.6 cm³/mol. The molecule has 2 aliphatic rings. The van der Waals surface area contributed by atoms with E-state index < -0.39 is 0 Å². The van der Waals surface area contributed by atoms with Gasteiger partial charge in [0, 0.05) is 25.7 Å². The molecule has 0 radical (unpaired) electrons. The molecule has 0 heterocycles. The number of rotatable bonds is 8. The Labute approximate surface area is 99.5 Å². The van der Waals surface area contributed by atoms with Crippen LogP contribution in [0.4, 0.5) is 0 Å². The highest BCUT2D eigenvalue weighted by molar-refractivity contribution is 4.91. The zero-order valence-corrected chi connectivity index (χ0v) is 10.9. The topological polar surface area (TPSA) is 24.5 Å². The molecule has 0 bridgehead atoms. The molecule has 0 aromatic carbocycles. The van der Waals surface area contributed by atoms with Gasteiger partial charge in [-0.1, -0.05) is 0 Å². The highest BCUT2D eigenvalue weighted by Gasteiger charge is 2.35. The van der Waals surface area contributed by atoms with E-state index in [9.17, 15) is 0 Å². The van der Waals surface area contributed by atoms with Crippen molar-refractivity contribution in [3.05, 3.63) is 0 Å². The zero-order chi connectivity index (χ0) is 11.5. The molecule has 2 fully saturated rings. The maximum absolute atomic E-state index is 5.30. The largest absolute Gasteiger partial charge is 0.383 e. The summed E-state index contributed by atoms with van der Waals surface area (Å²) in [5, 5.41) is 3.72. The van der Waals surface area contributed by atoms with Gasteiger partial charge in [-0.2, -0.15) is 0 Å². The van der Waals surface area contributed by atoms with E-state index in [0.717, 1.165) is 31.0 Å². The zero-order valence-electron chi connectivity index (χ0n) is 10.9. The van der Waals surface area contributed by atoms with Gasteiger partial charge < -0.3 is 15.0 Å². The Morgan fingerprint density at radius 2 is 1.81 bits per heavy atom. The van der Waals surface area contributed by atoms with E-state index in [2.05, 4.69) is 24.3 Å². The Morgan fingerprint density at radius 3 is 2.25 bits per heavy atom. The Bertz CT molecular complexity index is 210. The van der Waals surface area contributed by atoms with E-state index in [1.165, 1.54) is 25.7 Å². The summed E-state index contributed by atoms with van der Waals surface area (Å²) in [5.74, 6) is 1.81. The normalized spacial score (nSPS) is 24.8. The van der Waals surface area contributed by atoms with Crippen molar-refractivity contribution >= 4 is 0 Å². The molecule has 2 rings (SSSR count). The second-order valence-electron chi connectivity index (χ2n) is 5.68. The first-order valence-electron chi connectivity index (χ1n) is 6.61. The van der Waals surface area contributed by atoms with Crippen molar-refractivity contribution in [1.82, 2.24) is 10.2 Å². The van der Waals surface area contributed by atoms with Crippen LogP contribution >= 0.6 is 0 Å². The molecule has 0 aromatic heterocycles. The lowest BCUT2D eigenvalue weighted by molar-refractivity contribution is 0.149. The fourth-order valence-electron chi connectivity index (χ4n) is 2.56. The van der Waals surface area contributed by atoms with Crippen LogP contribution < -0.4 is 5.32 Å². The van der Waals surface area contributed by atoms with Crippen molar-refractivity contribution in [2.45, 2.75) is 37.8 Å².